The van der Waals surface area contributed by atoms with Crippen LogP contribution in [0.4, 0.5) is 5.69 Å². The number of carbonyl (C=O) groups excluding carboxylic acids is 1. The molecule has 0 aliphatic carbocycles. The van der Waals surface area contributed by atoms with E-state index in [9.17, 15) is 14.9 Å². The lowest BCUT2D eigenvalue weighted by atomic mass is 10.1. The van der Waals surface area contributed by atoms with Crippen LogP contribution < -0.4 is 5.32 Å². The van der Waals surface area contributed by atoms with Crippen molar-refractivity contribution in [1.82, 2.24) is 5.32 Å². The van der Waals surface area contributed by atoms with Crippen molar-refractivity contribution in [3.05, 3.63) is 39.9 Å². The Bertz CT molecular complexity index is 402. The zero-order chi connectivity index (χ0) is 12.8. The summed E-state index contributed by atoms with van der Waals surface area (Å²) < 4.78 is 0. The molecule has 0 bridgehead atoms. The number of nitro groups is 1. The van der Waals surface area contributed by atoms with E-state index in [4.69, 9.17) is 5.11 Å². The van der Waals surface area contributed by atoms with Crippen molar-refractivity contribution in [2.24, 2.45) is 0 Å². The van der Waals surface area contributed by atoms with Gasteiger partial charge in [0.2, 0.25) is 0 Å². The van der Waals surface area contributed by atoms with Crippen LogP contribution in [-0.4, -0.2) is 28.6 Å². The molecule has 92 valence electrons. The Balaban J connectivity index is 2.66. The highest BCUT2D eigenvalue weighted by atomic mass is 16.6. The van der Waals surface area contributed by atoms with E-state index in [0.717, 1.165) is 0 Å². The highest BCUT2D eigenvalue weighted by Crippen LogP contribution is 2.11. The molecule has 0 heterocycles. The van der Waals surface area contributed by atoms with E-state index in [1.165, 1.54) is 24.3 Å². The number of aliphatic hydroxyl groups excluding tert-OH is 1. The fraction of sp³-hybridized carbons (Fsp3) is 0.364. The van der Waals surface area contributed by atoms with Gasteiger partial charge in [-0.1, -0.05) is 0 Å². The van der Waals surface area contributed by atoms with Crippen LogP contribution in [0.1, 0.15) is 23.7 Å². The van der Waals surface area contributed by atoms with Gasteiger partial charge in [0.1, 0.15) is 0 Å². The third-order valence-electron chi connectivity index (χ3n) is 2.28. The summed E-state index contributed by atoms with van der Waals surface area (Å²) >= 11 is 0. The molecule has 1 aromatic rings. The maximum atomic E-state index is 11.6. The smallest absolute Gasteiger partial charge is 0.269 e. The summed E-state index contributed by atoms with van der Waals surface area (Å²) in [6, 6.07) is 5.23. The van der Waals surface area contributed by atoms with Gasteiger partial charge >= 0.3 is 0 Å². The van der Waals surface area contributed by atoms with E-state index in [-0.39, 0.29) is 24.2 Å². The number of aliphatic hydroxyl groups is 1. The lowest BCUT2D eigenvalue weighted by Crippen LogP contribution is -2.33. The van der Waals surface area contributed by atoms with Crippen LogP contribution >= 0.6 is 0 Å². The molecule has 1 amide bonds. The minimum Gasteiger partial charge on any atom is -0.396 e. The van der Waals surface area contributed by atoms with Crippen molar-refractivity contribution in [2.45, 2.75) is 19.4 Å². The fourth-order valence-electron chi connectivity index (χ4n) is 1.31. The van der Waals surface area contributed by atoms with Gasteiger partial charge in [-0.25, -0.2) is 0 Å². The molecular weight excluding hydrogens is 224 g/mol. The lowest BCUT2D eigenvalue weighted by Gasteiger charge is -2.12. The minimum atomic E-state index is -0.518. The Morgan fingerprint density at radius 1 is 1.47 bits per heavy atom. The van der Waals surface area contributed by atoms with Crippen LogP contribution in [0.3, 0.4) is 0 Å². The van der Waals surface area contributed by atoms with Crippen molar-refractivity contribution >= 4 is 11.6 Å². The van der Waals surface area contributed by atoms with Crippen LogP contribution in [0.15, 0.2) is 24.3 Å². The molecule has 2 N–H and O–H groups in total. The summed E-state index contributed by atoms with van der Waals surface area (Å²) in [4.78, 5) is 21.6. The maximum absolute atomic E-state index is 11.6. The van der Waals surface area contributed by atoms with Gasteiger partial charge in [-0.3, -0.25) is 14.9 Å². The van der Waals surface area contributed by atoms with Crippen molar-refractivity contribution in [1.29, 1.82) is 0 Å². The molecule has 6 heteroatoms. The molecule has 0 aliphatic rings. The number of hydrogen-bond donors (Lipinski definition) is 2. The van der Waals surface area contributed by atoms with E-state index in [2.05, 4.69) is 5.32 Å². The van der Waals surface area contributed by atoms with Gasteiger partial charge in [0.25, 0.3) is 11.6 Å². The first-order chi connectivity index (χ1) is 8.04. The molecule has 0 saturated carbocycles. The number of benzene rings is 1. The Kier molecular flexibility index (Phi) is 4.59. The third kappa shape index (κ3) is 3.84. The number of amides is 1. The first kappa shape index (κ1) is 13.1. The average Bonchev–Trinajstić information content (AvgIpc) is 2.29. The summed E-state index contributed by atoms with van der Waals surface area (Å²) in [5, 5.41) is 21.8. The normalized spacial score (nSPS) is 11.9. The van der Waals surface area contributed by atoms with Crippen LogP contribution in [0.2, 0.25) is 0 Å². The predicted molar refractivity (Wildman–Crippen MR) is 61.7 cm³/mol. The predicted octanol–water partition coefficient (Wildman–Crippen LogP) is 1.10. The molecule has 0 aliphatic heterocycles. The van der Waals surface area contributed by atoms with Gasteiger partial charge in [0.05, 0.1) is 4.92 Å². The summed E-state index contributed by atoms with van der Waals surface area (Å²) in [6.45, 7) is 1.78. The molecule has 1 unspecified atom stereocenters. The fourth-order valence-corrected chi connectivity index (χ4v) is 1.31. The summed E-state index contributed by atoms with van der Waals surface area (Å²) in [6.07, 6.45) is 0.471. The molecule has 0 saturated heterocycles. The zero-order valence-electron chi connectivity index (χ0n) is 9.42. The standard InChI is InChI=1S/C11H14N2O4/c1-8(6-7-14)12-11(15)9-2-4-10(5-3-9)13(16)17/h2-5,8,14H,6-7H2,1H3,(H,12,15). The van der Waals surface area contributed by atoms with Crippen LogP contribution in [0, 0.1) is 10.1 Å². The Hall–Kier alpha value is -1.95. The molecule has 0 fully saturated rings. The number of nitrogens with zero attached hydrogens (tertiary/aromatic N) is 1. The molecule has 1 aromatic carbocycles. The van der Waals surface area contributed by atoms with Crippen LogP contribution in [0.5, 0.6) is 0 Å². The minimum absolute atomic E-state index is 0.00169. The number of nitro benzene ring substituents is 1. The lowest BCUT2D eigenvalue weighted by molar-refractivity contribution is -0.384. The van der Waals surface area contributed by atoms with Gasteiger partial charge < -0.3 is 10.4 Å². The molecular formula is C11H14N2O4. The van der Waals surface area contributed by atoms with Crippen LogP contribution in [0.25, 0.3) is 0 Å². The third-order valence-corrected chi connectivity index (χ3v) is 2.28. The number of non-ortho nitro benzene ring substituents is 1. The quantitative estimate of drug-likeness (QED) is 0.593. The van der Waals surface area contributed by atoms with E-state index in [0.29, 0.717) is 12.0 Å². The Morgan fingerprint density at radius 3 is 2.53 bits per heavy atom. The van der Waals surface area contributed by atoms with Gasteiger partial charge in [-0.05, 0) is 25.5 Å². The van der Waals surface area contributed by atoms with Gasteiger partial charge in [0.15, 0.2) is 0 Å². The number of nitrogens with one attached hydrogen (secondary N) is 1. The number of rotatable bonds is 5. The first-order valence-corrected chi connectivity index (χ1v) is 5.20. The molecule has 17 heavy (non-hydrogen) atoms. The largest absolute Gasteiger partial charge is 0.396 e. The molecule has 1 rings (SSSR count). The maximum Gasteiger partial charge on any atom is 0.269 e. The van der Waals surface area contributed by atoms with Gasteiger partial charge in [0, 0.05) is 30.3 Å². The molecule has 1 atom stereocenters. The van der Waals surface area contributed by atoms with E-state index in [1.54, 1.807) is 6.92 Å². The van der Waals surface area contributed by atoms with Crippen molar-refractivity contribution in [3.8, 4) is 0 Å². The zero-order valence-corrected chi connectivity index (χ0v) is 9.42. The average molecular weight is 238 g/mol. The van der Waals surface area contributed by atoms with E-state index in [1.807, 2.05) is 0 Å². The first-order valence-electron chi connectivity index (χ1n) is 5.20. The molecule has 0 radical (unpaired) electrons. The summed E-state index contributed by atoms with van der Waals surface area (Å²) in [5.41, 5.74) is 0.311. The second kappa shape index (κ2) is 5.95. The van der Waals surface area contributed by atoms with Crippen LogP contribution in [-0.2, 0) is 0 Å². The second-order valence-electron chi connectivity index (χ2n) is 3.69. The monoisotopic (exact) mass is 238 g/mol. The molecule has 0 spiro atoms. The summed E-state index contributed by atoms with van der Waals surface area (Å²) in [7, 11) is 0. The molecule has 0 aromatic heterocycles. The van der Waals surface area contributed by atoms with E-state index < -0.39 is 4.92 Å². The van der Waals surface area contributed by atoms with Crippen molar-refractivity contribution in [2.75, 3.05) is 6.61 Å². The Morgan fingerprint density at radius 2 is 2.06 bits per heavy atom. The van der Waals surface area contributed by atoms with Crippen molar-refractivity contribution in [3.63, 3.8) is 0 Å². The van der Waals surface area contributed by atoms with E-state index >= 15 is 0 Å². The summed E-state index contributed by atoms with van der Waals surface area (Å²) in [5.74, 6) is -0.305. The Labute approximate surface area is 98.4 Å². The van der Waals surface area contributed by atoms with Gasteiger partial charge in [-0.2, -0.15) is 0 Å². The number of carbonyl (C=O) groups is 1. The number of hydrogen-bond acceptors (Lipinski definition) is 4. The molecule has 6 nitrogen and oxygen atoms in total. The topological polar surface area (TPSA) is 92.5 Å². The highest BCUT2D eigenvalue weighted by molar-refractivity contribution is 5.94. The van der Waals surface area contributed by atoms with Gasteiger partial charge in [-0.15, -0.1) is 0 Å². The second-order valence-corrected chi connectivity index (χ2v) is 3.69. The highest BCUT2D eigenvalue weighted by Gasteiger charge is 2.11. The SMILES string of the molecule is CC(CCO)NC(=O)c1ccc([N+](=O)[O-])cc1. The van der Waals surface area contributed by atoms with Crippen molar-refractivity contribution < 1.29 is 14.8 Å².